The number of nitrogens with zero attached hydrogens (tertiary/aromatic N) is 3. The number of carbonyl (C=O) groups is 2. The third-order valence-corrected chi connectivity index (χ3v) is 6.46. The molecule has 0 amide bonds. The van der Waals surface area contributed by atoms with Gasteiger partial charge < -0.3 is 9.67 Å². The molecule has 8 heteroatoms. The molecule has 35 heavy (non-hydrogen) atoms. The van der Waals surface area contributed by atoms with Crippen molar-refractivity contribution in [1.82, 2.24) is 9.55 Å². The van der Waals surface area contributed by atoms with E-state index in [0.717, 1.165) is 31.4 Å². The molecular weight excluding hydrogens is 452 g/mol. The maximum Gasteiger partial charge on any atom is 0.303 e. The summed E-state index contributed by atoms with van der Waals surface area (Å²) in [5, 5.41) is 9.69. The van der Waals surface area contributed by atoms with Gasteiger partial charge >= 0.3 is 5.97 Å². The molecule has 0 aromatic carbocycles. The van der Waals surface area contributed by atoms with E-state index in [1.807, 2.05) is 11.6 Å². The Morgan fingerprint density at radius 2 is 2.00 bits per heavy atom. The third-order valence-electron chi connectivity index (χ3n) is 6.46. The Kier molecular flexibility index (Phi) is 8.62. The summed E-state index contributed by atoms with van der Waals surface area (Å²) in [6, 6.07) is 1.69. The Morgan fingerprint density at radius 3 is 2.66 bits per heavy atom. The summed E-state index contributed by atoms with van der Waals surface area (Å²) < 4.78 is 27.6. The number of hydrogen-bond donors (Lipinski definition) is 1. The van der Waals surface area contributed by atoms with Crippen molar-refractivity contribution < 1.29 is 23.5 Å². The van der Waals surface area contributed by atoms with Gasteiger partial charge in [-0.3, -0.25) is 9.59 Å². The minimum Gasteiger partial charge on any atom is -0.481 e. The zero-order valence-electron chi connectivity index (χ0n) is 20.2. The highest BCUT2D eigenvalue weighted by Gasteiger charge is 2.44. The summed E-state index contributed by atoms with van der Waals surface area (Å²) in [5.41, 5.74) is 2.39. The van der Waals surface area contributed by atoms with Crippen LogP contribution in [-0.4, -0.2) is 32.3 Å². The first-order valence-electron chi connectivity index (χ1n) is 12.1. The van der Waals surface area contributed by atoms with Gasteiger partial charge in [0.05, 0.1) is 6.57 Å². The van der Waals surface area contributed by atoms with Crippen molar-refractivity contribution in [3.8, 4) is 11.8 Å². The number of rotatable bonds is 11. The largest absolute Gasteiger partial charge is 0.481 e. The van der Waals surface area contributed by atoms with Crippen molar-refractivity contribution in [2.24, 2.45) is 18.9 Å². The molecule has 1 aliphatic carbocycles. The van der Waals surface area contributed by atoms with Crippen molar-refractivity contribution in [3.05, 3.63) is 34.9 Å². The predicted molar refractivity (Wildman–Crippen MR) is 130 cm³/mol. The number of aryl methyl sites for hydroxylation is 1. The number of aliphatic carboxylic acids is 1. The molecule has 0 unspecified atom stereocenters. The number of hydrogen-bond acceptors (Lipinski definition) is 3. The van der Waals surface area contributed by atoms with Crippen LogP contribution in [0.15, 0.2) is 12.3 Å². The van der Waals surface area contributed by atoms with E-state index in [4.69, 9.17) is 11.7 Å². The first-order chi connectivity index (χ1) is 16.6. The van der Waals surface area contributed by atoms with Crippen molar-refractivity contribution in [1.29, 1.82) is 0 Å². The smallest absolute Gasteiger partial charge is 0.303 e. The lowest BCUT2D eigenvalue weighted by Crippen LogP contribution is -2.34. The minimum absolute atomic E-state index is 0.0799. The van der Waals surface area contributed by atoms with Crippen LogP contribution in [0.2, 0.25) is 0 Å². The number of pyridine rings is 1. The van der Waals surface area contributed by atoms with Crippen LogP contribution in [0.25, 0.3) is 15.9 Å². The molecule has 0 bridgehead atoms. The van der Waals surface area contributed by atoms with Crippen LogP contribution in [0, 0.1) is 30.2 Å². The first-order valence-corrected chi connectivity index (χ1v) is 12.1. The summed E-state index contributed by atoms with van der Waals surface area (Å²) in [5.74, 6) is 1.91. The van der Waals surface area contributed by atoms with Crippen LogP contribution in [-0.2, 0) is 18.3 Å². The average molecular weight is 484 g/mol. The number of alkyl halides is 2. The van der Waals surface area contributed by atoms with Gasteiger partial charge in [0.2, 0.25) is 5.69 Å². The highest BCUT2D eigenvalue weighted by molar-refractivity contribution is 6.09. The molecule has 0 spiro atoms. The van der Waals surface area contributed by atoms with Gasteiger partial charge in [-0.1, -0.05) is 25.7 Å². The van der Waals surface area contributed by atoms with Gasteiger partial charge in [0.1, 0.15) is 5.65 Å². The summed E-state index contributed by atoms with van der Waals surface area (Å²) in [6.07, 6.45) is 6.31. The van der Waals surface area contributed by atoms with Crippen LogP contribution < -0.4 is 0 Å². The summed E-state index contributed by atoms with van der Waals surface area (Å²) in [6.45, 7) is 9.04. The fourth-order valence-electron chi connectivity index (χ4n) is 4.64. The Balaban J connectivity index is 1.62. The molecular formula is C27H31F2N3O3. The zero-order valence-corrected chi connectivity index (χ0v) is 20.2. The third kappa shape index (κ3) is 6.88. The summed E-state index contributed by atoms with van der Waals surface area (Å²) in [7, 11) is 1.86. The normalized spacial score (nSPS) is 15.6. The molecule has 0 saturated heterocycles. The monoisotopic (exact) mass is 483 g/mol. The molecule has 1 fully saturated rings. The SMILES string of the molecule is [C-]#[N+]c1cnc2c(c1)c(C(=O)C[C@H](C)CC(=O)O)c(CCCCCCC#CC1CC(F)(F)C1)n2C. The van der Waals surface area contributed by atoms with Crippen LogP contribution in [0.4, 0.5) is 14.5 Å². The number of fused-ring (bicyclic) bond motifs is 1. The van der Waals surface area contributed by atoms with E-state index >= 15 is 0 Å². The maximum atomic E-state index is 13.2. The molecule has 2 aromatic heterocycles. The fourth-order valence-corrected chi connectivity index (χ4v) is 4.64. The predicted octanol–water partition coefficient (Wildman–Crippen LogP) is 6.35. The highest BCUT2D eigenvalue weighted by Crippen LogP contribution is 2.41. The Labute approximate surface area is 204 Å². The molecule has 6 nitrogen and oxygen atoms in total. The number of halogens is 2. The van der Waals surface area contributed by atoms with Crippen LogP contribution >= 0.6 is 0 Å². The minimum atomic E-state index is -2.53. The number of carbonyl (C=O) groups excluding carboxylic acids is 1. The number of carboxylic acid groups (broad SMARTS) is 1. The number of carboxylic acids is 1. The van der Waals surface area contributed by atoms with Crippen LogP contribution in [0.1, 0.15) is 80.8 Å². The topological polar surface area (TPSA) is 76.6 Å². The van der Waals surface area contributed by atoms with Gasteiger partial charge in [-0.05, 0) is 31.2 Å². The lowest BCUT2D eigenvalue weighted by molar-refractivity contribution is -0.137. The number of ketones is 1. The molecule has 1 N–H and O–H groups in total. The van der Waals surface area contributed by atoms with Crippen molar-refractivity contribution in [3.63, 3.8) is 0 Å². The second-order valence-electron chi connectivity index (χ2n) is 9.58. The molecule has 3 rings (SSSR count). The molecule has 0 radical (unpaired) electrons. The standard InChI is InChI=1S/C27H31F2N3O3/c1-18(13-24(34)35)12-23(33)25-21-14-20(30-2)17-31-26(21)32(3)22(25)11-9-7-5-4-6-8-10-19-15-27(28,29)16-19/h14,17-19H,4-7,9,11-13,15-16H2,1,3H3,(H,34,35)/t18-/m0/s1. The highest BCUT2D eigenvalue weighted by atomic mass is 19.3. The lowest BCUT2D eigenvalue weighted by Gasteiger charge is -2.31. The first kappa shape index (κ1) is 26.3. The van der Waals surface area contributed by atoms with E-state index in [-0.39, 0.29) is 43.3 Å². The number of Topliss-reactive ketones (excluding diaryl/α,β-unsaturated/α-hetero) is 1. The van der Waals surface area contributed by atoms with E-state index in [0.29, 0.717) is 35.1 Å². The number of aromatic nitrogens is 2. The molecule has 1 aliphatic rings. The Morgan fingerprint density at radius 1 is 1.29 bits per heavy atom. The van der Waals surface area contributed by atoms with Gasteiger partial charge in [-0.25, -0.2) is 18.6 Å². The Bertz CT molecular complexity index is 1190. The van der Waals surface area contributed by atoms with E-state index in [2.05, 4.69) is 21.7 Å². The average Bonchev–Trinajstić information content (AvgIpc) is 3.04. The summed E-state index contributed by atoms with van der Waals surface area (Å²) >= 11 is 0. The zero-order chi connectivity index (χ0) is 25.6. The van der Waals surface area contributed by atoms with Gasteiger partial charge in [0.15, 0.2) is 5.78 Å². The molecule has 1 saturated carbocycles. The van der Waals surface area contributed by atoms with E-state index in [1.54, 1.807) is 13.0 Å². The van der Waals surface area contributed by atoms with E-state index in [1.165, 1.54) is 6.20 Å². The van der Waals surface area contributed by atoms with Gasteiger partial charge in [-0.15, -0.1) is 5.92 Å². The van der Waals surface area contributed by atoms with Crippen LogP contribution in [0.5, 0.6) is 0 Å². The van der Waals surface area contributed by atoms with Crippen molar-refractivity contribution >= 4 is 28.5 Å². The Hall–Kier alpha value is -3.26. The maximum absolute atomic E-state index is 13.2. The molecule has 2 heterocycles. The molecule has 0 aliphatic heterocycles. The molecule has 1 atom stereocenters. The molecule has 2 aromatic rings. The molecule has 186 valence electrons. The summed E-state index contributed by atoms with van der Waals surface area (Å²) in [4.78, 5) is 32.1. The van der Waals surface area contributed by atoms with E-state index in [9.17, 15) is 18.4 Å². The lowest BCUT2D eigenvalue weighted by atomic mass is 9.82. The van der Waals surface area contributed by atoms with Crippen molar-refractivity contribution in [2.75, 3.05) is 0 Å². The van der Waals surface area contributed by atoms with Gasteiger partial charge in [-0.2, -0.15) is 0 Å². The van der Waals surface area contributed by atoms with Gasteiger partial charge in [0, 0.05) is 67.9 Å². The van der Waals surface area contributed by atoms with Crippen LogP contribution in [0.3, 0.4) is 0 Å². The quantitative estimate of drug-likeness (QED) is 0.175. The second kappa shape index (κ2) is 11.4. The van der Waals surface area contributed by atoms with E-state index < -0.39 is 11.9 Å². The van der Waals surface area contributed by atoms with Gasteiger partial charge in [0.25, 0.3) is 5.92 Å². The second-order valence-corrected chi connectivity index (χ2v) is 9.58. The van der Waals surface area contributed by atoms with Crippen molar-refractivity contribution in [2.45, 2.75) is 77.1 Å². The number of unbranched alkanes of at least 4 members (excludes halogenated alkanes) is 4. The fraction of sp³-hybridized carbons (Fsp3) is 0.556.